The number of aromatic nitrogens is 2. The predicted molar refractivity (Wildman–Crippen MR) is 77.5 cm³/mol. The zero-order valence-electron chi connectivity index (χ0n) is 10.9. The molecule has 0 amide bonds. The lowest BCUT2D eigenvalue weighted by molar-refractivity contribution is 0.414. The molecule has 0 atom stereocenters. The Morgan fingerprint density at radius 3 is 3.00 bits per heavy atom. The van der Waals surface area contributed by atoms with E-state index in [2.05, 4.69) is 15.3 Å². The maximum absolute atomic E-state index is 11.6. The first kappa shape index (κ1) is 13.6. The highest BCUT2D eigenvalue weighted by molar-refractivity contribution is 5.82. The molecule has 2 aromatic rings. The zero-order chi connectivity index (χ0) is 14.5. The van der Waals surface area contributed by atoms with Gasteiger partial charge in [-0.15, -0.1) is 0 Å². The fraction of sp³-hybridized carbons (Fsp3) is 0.154. The lowest BCUT2D eigenvalue weighted by atomic mass is 10.2. The van der Waals surface area contributed by atoms with Crippen molar-refractivity contribution in [1.82, 2.24) is 9.97 Å². The van der Waals surface area contributed by atoms with Crippen LogP contribution in [0.3, 0.4) is 0 Å². The SMILES string of the molecule is COc1cccc(CNc2nc(N)c(C=N)c(=O)[nH]2)c1. The smallest absolute Gasteiger partial charge is 0.263 e. The van der Waals surface area contributed by atoms with E-state index in [1.807, 2.05) is 24.3 Å². The van der Waals surface area contributed by atoms with Crippen LogP contribution in [0.15, 0.2) is 29.1 Å². The molecule has 7 heteroatoms. The normalized spacial score (nSPS) is 10.1. The van der Waals surface area contributed by atoms with E-state index >= 15 is 0 Å². The van der Waals surface area contributed by atoms with Crippen LogP contribution in [0, 0.1) is 5.41 Å². The van der Waals surface area contributed by atoms with Gasteiger partial charge in [-0.1, -0.05) is 12.1 Å². The molecule has 0 bridgehead atoms. The summed E-state index contributed by atoms with van der Waals surface area (Å²) in [6.07, 6.45) is 0.882. The van der Waals surface area contributed by atoms with Gasteiger partial charge in [0.2, 0.25) is 5.95 Å². The van der Waals surface area contributed by atoms with Crippen LogP contribution in [0.25, 0.3) is 0 Å². The Labute approximate surface area is 115 Å². The van der Waals surface area contributed by atoms with Crippen molar-refractivity contribution in [3.05, 3.63) is 45.7 Å². The molecule has 20 heavy (non-hydrogen) atoms. The van der Waals surface area contributed by atoms with Gasteiger partial charge in [-0.25, -0.2) is 0 Å². The zero-order valence-corrected chi connectivity index (χ0v) is 10.9. The number of benzene rings is 1. The Hall–Kier alpha value is -2.83. The van der Waals surface area contributed by atoms with Crippen molar-refractivity contribution < 1.29 is 4.74 Å². The van der Waals surface area contributed by atoms with E-state index in [-0.39, 0.29) is 17.3 Å². The van der Waals surface area contributed by atoms with Gasteiger partial charge < -0.3 is 21.2 Å². The Kier molecular flexibility index (Phi) is 3.99. The van der Waals surface area contributed by atoms with Crippen molar-refractivity contribution in [2.24, 2.45) is 0 Å². The number of methoxy groups -OCH3 is 1. The molecule has 1 heterocycles. The third-order valence-electron chi connectivity index (χ3n) is 2.72. The van der Waals surface area contributed by atoms with Crippen molar-refractivity contribution in [1.29, 1.82) is 5.41 Å². The van der Waals surface area contributed by atoms with Crippen molar-refractivity contribution in [2.45, 2.75) is 6.54 Å². The van der Waals surface area contributed by atoms with Gasteiger partial charge in [0, 0.05) is 12.8 Å². The molecule has 1 aromatic heterocycles. The summed E-state index contributed by atoms with van der Waals surface area (Å²) in [5.74, 6) is 1.04. The van der Waals surface area contributed by atoms with Crippen LogP contribution in [0.5, 0.6) is 5.75 Å². The van der Waals surface area contributed by atoms with Crippen molar-refractivity contribution in [2.75, 3.05) is 18.2 Å². The highest BCUT2D eigenvalue weighted by Crippen LogP contribution is 2.13. The molecule has 0 fully saturated rings. The van der Waals surface area contributed by atoms with Crippen LogP contribution in [0.4, 0.5) is 11.8 Å². The maximum Gasteiger partial charge on any atom is 0.263 e. The number of hydrogen-bond acceptors (Lipinski definition) is 6. The quantitative estimate of drug-likeness (QED) is 0.606. The highest BCUT2D eigenvalue weighted by atomic mass is 16.5. The Morgan fingerprint density at radius 2 is 2.35 bits per heavy atom. The average Bonchev–Trinajstić information content (AvgIpc) is 2.45. The average molecular weight is 273 g/mol. The summed E-state index contributed by atoms with van der Waals surface area (Å²) in [7, 11) is 1.60. The van der Waals surface area contributed by atoms with Crippen molar-refractivity contribution in [3.8, 4) is 5.75 Å². The Bertz CT molecular complexity index is 681. The third kappa shape index (κ3) is 2.94. The standard InChI is InChI=1S/C13H15N5O2/c1-20-9-4-2-3-8(5-9)7-16-13-17-11(15)10(6-14)12(19)18-13/h2-6,14H,7H2,1H3,(H4,15,16,17,18,19). The summed E-state index contributed by atoms with van der Waals surface area (Å²) >= 11 is 0. The number of rotatable bonds is 5. The molecule has 5 N–H and O–H groups in total. The minimum Gasteiger partial charge on any atom is -0.497 e. The van der Waals surface area contributed by atoms with Crippen molar-refractivity contribution in [3.63, 3.8) is 0 Å². The molecule has 0 saturated heterocycles. The lowest BCUT2D eigenvalue weighted by Crippen LogP contribution is -2.19. The van der Waals surface area contributed by atoms with E-state index in [0.717, 1.165) is 17.5 Å². The van der Waals surface area contributed by atoms with Crippen LogP contribution in [0.2, 0.25) is 0 Å². The number of nitrogens with zero attached hydrogens (tertiary/aromatic N) is 1. The topological polar surface area (TPSA) is 117 Å². The number of nitrogens with one attached hydrogen (secondary N) is 3. The second-order valence-corrected chi connectivity index (χ2v) is 4.06. The van der Waals surface area contributed by atoms with Gasteiger partial charge in [-0.2, -0.15) is 4.98 Å². The molecule has 0 aliphatic carbocycles. The molecule has 104 valence electrons. The molecule has 0 radical (unpaired) electrons. The molecular formula is C13H15N5O2. The molecule has 0 aliphatic rings. The van der Waals surface area contributed by atoms with Crippen LogP contribution >= 0.6 is 0 Å². The summed E-state index contributed by atoms with van der Waals surface area (Å²) in [5.41, 5.74) is 6.19. The number of anilines is 2. The van der Waals surface area contributed by atoms with Crippen LogP contribution in [0.1, 0.15) is 11.1 Å². The van der Waals surface area contributed by atoms with Gasteiger partial charge in [0.25, 0.3) is 5.56 Å². The van der Waals surface area contributed by atoms with Crippen molar-refractivity contribution >= 4 is 18.0 Å². The number of nitrogens with two attached hydrogens (primary N) is 1. The van der Waals surface area contributed by atoms with Gasteiger partial charge in [-0.05, 0) is 17.7 Å². The number of ether oxygens (including phenoxy) is 1. The van der Waals surface area contributed by atoms with E-state index in [0.29, 0.717) is 6.54 Å². The second-order valence-electron chi connectivity index (χ2n) is 4.06. The molecular weight excluding hydrogens is 258 g/mol. The Balaban J connectivity index is 2.15. The van der Waals surface area contributed by atoms with Crippen LogP contribution in [-0.2, 0) is 6.54 Å². The fourth-order valence-electron chi connectivity index (χ4n) is 1.69. The first-order chi connectivity index (χ1) is 9.63. The number of H-pyrrole nitrogens is 1. The molecule has 0 aliphatic heterocycles. The summed E-state index contributed by atoms with van der Waals surface area (Å²) in [6, 6.07) is 7.52. The molecule has 0 spiro atoms. The molecule has 2 rings (SSSR count). The van der Waals surface area contributed by atoms with Gasteiger partial charge >= 0.3 is 0 Å². The molecule has 0 unspecified atom stereocenters. The summed E-state index contributed by atoms with van der Waals surface area (Å²) in [6.45, 7) is 0.462. The number of nitrogen functional groups attached to an aromatic ring is 1. The number of aromatic amines is 1. The van der Waals surface area contributed by atoms with Crippen LogP contribution < -0.4 is 21.3 Å². The third-order valence-corrected chi connectivity index (χ3v) is 2.72. The van der Waals surface area contributed by atoms with E-state index in [1.165, 1.54) is 0 Å². The van der Waals surface area contributed by atoms with Gasteiger partial charge in [0.05, 0.1) is 12.7 Å². The van der Waals surface area contributed by atoms with Gasteiger partial charge in [-0.3, -0.25) is 9.78 Å². The first-order valence-electron chi connectivity index (χ1n) is 5.91. The molecule has 7 nitrogen and oxygen atoms in total. The first-order valence-corrected chi connectivity index (χ1v) is 5.91. The fourth-order valence-corrected chi connectivity index (χ4v) is 1.69. The Morgan fingerprint density at radius 1 is 1.55 bits per heavy atom. The molecule has 1 aromatic carbocycles. The van der Waals surface area contributed by atoms with Gasteiger partial charge in [0.1, 0.15) is 11.6 Å². The summed E-state index contributed by atoms with van der Waals surface area (Å²) in [4.78, 5) is 18.1. The second kappa shape index (κ2) is 5.87. The minimum atomic E-state index is -0.444. The maximum atomic E-state index is 11.6. The lowest BCUT2D eigenvalue weighted by Gasteiger charge is -2.08. The van der Waals surface area contributed by atoms with E-state index < -0.39 is 5.56 Å². The van der Waals surface area contributed by atoms with E-state index in [4.69, 9.17) is 15.9 Å². The van der Waals surface area contributed by atoms with E-state index in [9.17, 15) is 4.79 Å². The van der Waals surface area contributed by atoms with Gasteiger partial charge in [0.15, 0.2) is 0 Å². The predicted octanol–water partition coefficient (Wildman–Crippen LogP) is 0.970. The van der Waals surface area contributed by atoms with Crippen LogP contribution in [-0.4, -0.2) is 23.3 Å². The largest absolute Gasteiger partial charge is 0.497 e. The number of hydrogen-bond donors (Lipinski definition) is 4. The van der Waals surface area contributed by atoms with E-state index in [1.54, 1.807) is 7.11 Å². The monoisotopic (exact) mass is 273 g/mol. The summed E-state index contributed by atoms with van der Waals surface area (Å²) < 4.78 is 5.13. The molecule has 0 saturated carbocycles. The summed E-state index contributed by atoms with van der Waals surface area (Å²) in [5, 5.41) is 10.0. The highest BCUT2D eigenvalue weighted by Gasteiger charge is 2.06. The minimum absolute atomic E-state index is 0.0249.